The zero-order chi connectivity index (χ0) is 17.1. The van der Waals surface area contributed by atoms with Gasteiger partial charge in [0.15, 0.2) is 5.69 Å². The van der Waals surface area contributed by atoms with E-state index in [-0.39, 0.29) is 12.3 Å². The molecule has 0 aliphatic rings. The molecule has 1 heterocycles. The van der Waals surface area contributed by atoms with Gasteiger partial charge in [0.25, 0.3) is 0 Å². The average Bonchev–Trinajstić information content (AvgIpc) is 2.60. The van der Waals surface area contributed by atoms with Gasteiger partial charge in [-0.15, -0.1) is 0 Å². The third-order valence-corrected chi connectivity index (χ3v) is 4.03. The Morgan fingerprint density at radius 2 is 1.96 bits per heavy atom. The molecule has 6 heteroatoms. The van der Waals surface area contributed by atoms with Gasteiger partial charge in [0.1, 0.15) is 18.2 Å². The summed E-state index contributed by atoms with van der Waals surface area (Å²) >= 11 is 3.27. The summed E-state index contributed by atoms with van der Waals surface area (Å²) in [5, 5.41) is 0.477. The number of pyridine rings is 1. The number of fused-ring (bicyclic) bond motifs is 1. The van der Waals surface area contributed by atoms with E-state index in [2.05, 4.69) is 20.9 Å². The Labute approximate surface area is 146 Å². The Balaban J connectivity index is 2.07. The van der Waals surface area contributed by atoms with Crippen LogP contribution in [0.4, 0.5) is 4.39 Å². The number of methoxy groups -OCH3 is 1. The van der Waals surface area contributed by atoms with Gasteiger partial charge < -0.3 is 9.47 Å². The summed E-state index contributed by atoms with van der Waals surface area (Å²) in [4.78, 5) is 16.1. The number of nitrogens with zero attached hydrogens (tertiary/aromatic N) is 1. The predicted molar refractivity (Wildman–Crippen MR) is 91.5 cm³/mol. The van der Waals surface area contributed by atoms with E-state index in [1.54, 1.807) is 0 Å². The van der Waals surface area contributed by atoms with E-state index < -0.39 is 11.8 Å². The van der Waals surface area contributed by atoms with Gasteiger partial charge in [0, 0.05) is 15.9 Å². The normalized spacial score (nSPS) is 10.6. The van der Waals surface area contributed by atoms with Crippen LogP contribution in [0, 0.1) is 5.82 Å². The van der Waals surface area contributed by atoms with Crippen LogP contribution in [0.2, 0.25) is 0 Å². The average molecular weight is 390 g/mol. The van der Waals surface area contributed by atoms with Gasteiger partial charge in [-0.1, -0.05) is 30.3 Å². The van der Waals surface area contributed by atoms with Crippen molar-refractivity contribution in [2.24, 2.45) is 0 Å². The van der Waals surface area contributed by atoms with Crippen molar-refractivity contribution in [3.63, 3.8) is 0 Å². The summed E-state index contributed by atoms with van der Waals surface area (Å²) in [5.74, 6) is -0.645. The Kier molecular flexibility index (Phi) is 4.76. The van der Waals surface area contributed by atoms with Crippen LogP contribution in [0.1, 0.15) is 16.1 Å². The second-order valence-electron chi connectivity index (χ2n) is 5.06. The zero-order valence-electron chi connectivity index (χ0n) is 12.8. The van der Waals surface area contributed by atoms with Crippen LogP contribution in [0.25, 0.3) is 10.9 Å². The van der Waals surface area contributed by atoms with Crippen molar-refractivity contribution in [2.75, 3.05) is 7.11 Å². The first kappa shape index (κ1) is 16.4. The van der Waals surface area contributed by atoms with Gasteiger partial charge in [-0.3, -0.25) is 0 Å². The molecule has 0 aliphatic carbocycles. The molecule has 0 bridgehead atoms. The fourth-order valence-electron chi connectivity index (χ4n) is 2.29. The SMILES string of the molecule is COC(=O)c1cc(OCc2ccccc2)c2cc(F)cc(Br)c2n1. The molecule has 3 aromatic rings. The van der Waals surface area contributed by atoms with Crippen LogP contribution in [-0.2, 0) is 11.3 Å². The summed E-state index contributed by atoms with van der Waals surface area (Å²) in [7, 11) is 1.28. The smallest absolute Gasteiger partial charge is 0.356 e. The van der Waals surface area contributed by atoms with E-state index in [1.165, 1.54) is 25.3 Å². The largest absolute Gasteiger partial charge is 0.488 e. The highest BCUT2D eigenvalue weighted by atomic mass is 79.9. The van der Waals surface area contributed by atoms with E-state index in [9.17, 15) is 9.18 Å². The first-order chi connectivity index (χ1) is 11.6. The Bertz CT molecular complexity index is 900. The molecular weight excluding hydrogens is 377 g/mol. The number of ether oxygens (including phenoxy) is 2. The number of carbonyl (C=O) groups is 1. The van der Waals surface area contributed by atoms with Crippen molar-refractivity contribution in [1.82, 2.24) is 4.98 Å². The van der Waals surface area contributed by atoms with Crippen molar-refractivity contribution >= 4 is 32.8 Å². The summed E-state index contributed by atoms with van der Waals surface area (Å²) in [5.41, 5.74) is 1.49. The van der Waals surface area contributed by atoms with E-state index >= 15 is 0 Å². The number of benzene rings is 2. The lowest BCUT2D eigenvalue weighted by Gasteiger charge is -2.12. The highest BCUT2D eigenvalue weighted by Crippen LogP contribution is 2.32. The maximum Gasteiger partial charge on any atom is 0.356 e. The van der Waals surface area contributed by atoms with Crippen molar-refractivity contribution in [3.8, 4) is 5.75 Å². The lowest BCUT2D eigenvalue weighted by Crippen LogP contribution is -2.06. The fourth-order valence-corrected chi connectivity index (χ4v) is 2.81. The summed E-state index contributed by atoms with van der Waals surface area (Å²) in [6.07, 6.45) is 0. The molecule has 24 heavy (non-hydrogen) atoms. The minimum atomic E-state index is -0.585. The molecule has 0 saturated heterocycles. The number of halogens is 2. The molecule has 0 atom stereocenters. The molecule has 0 spiro atoms. The van der Waals surface area contributed by atoms with E-state index in [4.69, 9.17) is 9.47 Å². The van der Waals surface area contributed by atoms with Crippen LogP contribution >= 0.6 is 15.9 Å². The van der Waals surface area contributed by atoms with Crippen molar-refractivity contribution < 1.29 is 18.7 Å². The monoisotopic (exact) mass is 389 g/mol. The van der Waals surface area contributed by atoms with Gasteiger partial charge >= 0.3 is 5.97 Å². The van der Waals surface area contributed by atoms with Crippen molar-refractivity contribution in [1.29, 1.82) is 0 Å². The number of hydrogen-bond donors (Lipinski definition) is 0. The van der Waals surface area contributed by atoms with Gasteiger partial charge in [0.2, 0.25) is 0 Å². The van der Waals surface area contributed by atoms with Crippen LogP contribution in [0.5, 0.6) is 5.75 Å². The topological polar surface area (TPSA) is 48.4 Å². The minimum Gasteiger partial charge on any atom is -0.488 e. The van der Waals surface area contributed by atoms with Gasteiger partial charge in [-0.25, -0.2) is 14.2 Å². The molecule has 0 unspecified atom stereocenters. The fraction of sp³-hybridized carbons (Fsp3) is 0.111. The second-order valence-corrected chi connectivity index (χ2v) is 5.91. The third kappa shape index (κ3) is 3.38. The summed E-state index contributed by atoms with van der Waals surface area (Å²) < 4.78 is 24.7. The van der Waals surface area contributed by atoms with E-state index in [1.807, 2.05) is 30.3 Å². The highest BCUT2D eigenvalue weighted by Gasteiger charge is 2.16. The zero-order valence-corrected chi connectivity index (χ0v) is 14.3. The van der Waals surface area contributed by atoms with Crippen LogP contribution in [0.15, 0.2) is 53.0 Å². The van der Waals surface area contributed by atoms with Crippen LogP contribution in [-0.4, -0.2) is 18.1 Å². The van der Waals surface area contributed by atoms with Crippen LogP contribution in [0.3, 0.4) is 0 Å². The first-order valence-electron chi connectivity index (χ1n) is 7.13. The molecule has 122 valence electrons. The highest BCUT2D eigenvalue weighted by molar-refractivity contribution is 9.10. The Hall–Kier alpha value is -2.47. The molecule has 0 amide bonds. The number of rotatable bonds is 4. The minimum absolute atomic E-state index is 0.0976. The molecular formula is C18H13BrFNO3. The molecule has 0 radical (unpaired) electrons. The standard InChI is InChI=1S/C18H13BrFNO3/c1-23-18(22)15-9-16(24-10-11-5-3-2-4-6-11)13-7-12(20)8-14(19)17(13)21-15/h2-9H,10H2,1H3. The number of aromatic nitrogens is 1. The molecule has 0 N–H and O–H groups in total. The summed E-state index contributed by atoms with van der Waals surface area (Å²) in [6, 6.07) is 13.6. The van der Waals surface area contributed by atoms with Gasteiger partial charge in [0.05, 0.1) is 12.6 Å². The molecule has 4 nitrogen and oxygen atoms in total. The van der Waals surface area contributed by atoms with Crippen LogP contribution < -0.4 is 4.74 Å². The molecule has 0 aliphatic heterocycles. The molecule has 0 fully saturated rings. The van der Waals surface area contributed by atoms with Crippen molar-refractivity contribution in [3.05, 3.63) is 70.1 Å². The lowest BCUT2D eigenvalue weighted by atomic mass is 10.1. The second kappa shape index (κ2) is 6.97. The van der Waals surface area contributed by atoms with E-state index in [0.29, 0.717) is 21.1 Å². The maximum atomic E-state index is 13.8. The lowest BCUT2D eigenvalue weighted by molar-refractivity contribution is 0.0594. The molecule has 1 aromatic heterocycles. The molecule has 0 saturated carbocycles. The quantitative estimate of drug-likeness (QED) is 0.616. The number of hydrogen-bond acceptors (Lipinski definition) is 4. The molecule has 3 rings (SSSR count). The Morgan fingerprint density at radius 1 is 1.21 bits per heavy atom. The van der Waals surface area contributed by atoms with E-state index in [0.717, 1.165) is 5.56 Å². The van der Waals surface area contributed by atoms with Gasteiger partial charge in [-0.2, -0.15) is 0 Å². The first-order valence-corrected chi connectivity index (χ1v) is 7.92. The maximum absolute atomic E-state index is 13.8. The Morgan fingerprint density at radius 3 is 2.67 bits per heavy atom. The van der Waals surface area contributed by atoms with Gasteiger partial charge in [-0.05, 0) is 33.6 Å². The number of esters is 1. The number of carbonyl (C=O) groups excluding carboxylic acids is 1. The summed E-state index contributed by atoms with van der Waals surface area (Å²) in [6.45, 7) is 0.286. The molecule has 2 aromatic carbocycles. The van der Waals surface area contributed by atoms with Crippen molar-refractivity contribution in [2.45, 2.75) is 6.61 Å². The predicted octanol–water partition coefficient (Wildman–Crippen LogP) is 4.50. The third-order valence-electron chi connectivity index (χ3n) is 3.43.